The molecule has 0 bridgehead atoms. The third-order valence-electron chi connectivity index (χ3n) is 3.78. The lowest BCUT2D eigenvalue weighted by atomic mass is 9.96. The van der Waals surface area contributed by atoms with Crippen LogP contribution in [0.25, 0.3) is 0 Å². The largest absolute Gasteiger partial charge is 0.457 e. The normalized spacial score (nSPS) is 29.0. The van der Waals surface area contributed by atoms with E-state index in [2.05, 4.69) is 5.32 Å². The van der Waals surface area contributed by atoms with Crippen LogP contribution < -0.4 is 5.32 Å². The zero-order valence-corrected chi connectivity index (χ0v) is 14.1. The Balaban J connectivity index is 2.19. The highest BCUT2D eigenvalue weighted by Gasteiger charge is 2.48. The van der Waals surface area contributed by atoms with Gasteiger partial charge in [-0.3, -0.25) is 9.59 Å². The lowest BCUT2D eigenvalue weighted by Gasteiger charge is -2.43. The number of hydrogen-bond acceptors (Lipinski definition) is 7. The van der Waals surface area contributed by atoms with Gasteiger partial charge in [0.1, 0.15) is 18.2 Å². The summed E-state index contributed by atoms with van der Waals surface area (Å²) in [4.78, 5) is 22.9. The Bertz CT molecular complexity index is 580. The van der Waals surface area contributed by atoms with Gasteiger partial charge in [0.15, 0.2) is 12.4 Å². The summed E-state index contributed by atoms with van der Waals surface area (Å²) in [6.07, 6.45) is -4.42. The molecule has 1 saturated heterocycles. The van der Waals surface area contributed by atoms with Crippen molar-refractivity contribution in [2.75, 3.05) is 6.61 Å². The van der Waals surface area contributed by atoms with Crippen LogP contribution in [0.3, 0.4) is 0 Å². The summed E-state index contributed by atoms with van der Waals surface area (Å²) in [6.45, 7) is 2.18. The molecule has 138 valence electrons. The molecule has 3 N–H and O–H groups in total. The van der Waals surface area contributed by atoms with Gasteiger partial charge in [-0.1, -0.05) is 30.3 Å². The first kappa shape index (κ1) is 19.3. The van der Waals surface area contributed by atoms with Crippen LogP contribution in [-0.2, 0) is 30.4 Å². The Morgan fingerprint density at radius 2 is 1.92 bits per heavy atom. The molecule has 1 fully saturated rings. The van der Waals surface area contributed by atoms with E-state index in [1.807, 2.05) is 30.3 Å². The summed E-state index contributed by atoms with van der Waals surface area (Å²) in [7, 11) is 0. The van der Waals surface area contributed by atoms with E-state index in [4.69, 9.17) is 14.2 Å². The molecule has 25 heavy (non-hydrogen) atoms. The number of amides is 1. The van der Waals surface area contributed by atoms with Crippen molar-refractivity contribution in [3.05, 3.63) is 35.9 Å². The van der Waals surface area contributed by atoms with Crippen molar-refractivity contribution in [3.63, 3.8) is 0 Å². The van der Waals surface area contributed by atoms with Gasteiger partial charge in [-0.05, 0) is 5.56 Å². The fraction of sp³-hybridized carbons (Fsp3) is 0.529. The van der Waals surface area contributed by atoms with Gasteiger partial charge >= 0.3 is 5.97 Å². The maximum Gasteiger partial charge on any atom is 0.303 e. The topological polar surface area (TPSA) is 114 Å². The quantitative estimate of drug-likeness (QED) is 0.603. The summed E-state index contributed by atoms with van der Waals surface area (Å²) >= 11 is 0. The number of benzene rings is 1. The Hall–Kier alpha value is -2.00. The summed E-state index contributed by atoms with van der Waals surface area (Å²) in [6, 6.07) is 8.38. The minimum atomic E-state index is -1.30. The van der Waals surface area contributed by atoms with E-state index in [9.17, 15) is 19.8 Å². The van der Waals surface area contributed by atoms with Crippen molar-refractivity contribution in [1.82, 2.24) is 5.32 Å². The number of hydrogen-bond donors (Lipinski definition) is 3. The molecule has 0 spiro atoms. The molecule has 1 heterocycles. The second kappa shape index (κ2) is 8.91. The number of aliphatic hydroxyl groups excluding tert-OH is 2. The molecule has 0 aliphatic carbocycles. The van der Waals surface area contributed by atoms with E-state index < -0.39 is 49.1 Å². The van der Waals surface area contributed by atoms with Gasteiger partial charge in [0, 0.05) is 13.8 Å². The number of ether oxygens (including phenoxy) is 3. The third-order valence-corrected chi connectivity index (χ3v) is 3.78. The van der Waals surface area contributed by atoms with Crippen molar-refractivity contribution >= 4 is 11.9 Å². The van der Waals surface area contributed by atoms with E-state index in [-0.39, 0.29) is 6.61 Å². The van der Waals surface area contributed by atoms with Crippen molar-refractivity contribution in [3.8, 4) is 0 Å². The first-order valence-electron chi connectivity index (χ1n) is 7.96. The molecular weight excluding hydrogens is 330 g/mol. The smallest absolute Gasteiger partial charge is 0.303 e. The number of carbonyl (C=O) groups excluding carboxylic acids is 2. The van der Waals surface area contributed by atoms with Crippen LogP contribution in [-0.4, -0.2) is 59.3 Å². The van der Waals surface area contributed by atoms with Gasteiger partial charge in [0.2, 0.25) is 5.91 Å². The van der Waals surface area contributed by atoms with E-state index >= 15 is 0 Å². The molecule has 2 rings (SSSR count). The molecule has 1 aliphatic rings. The molecule has 1 aromatic carbocycles. The molecule has 0 unspecified atom stereocenters. The molecule has 0 radical (unpaired) electrons. The average Bonchev–Trinajstić information content (AvgIpc) is 2.57. The molecule has 0 saturated carbocycles. The zero-order chi connectivity index (χ0) is 18.4. The first-order valence-corrected chi connectivity index (χ1v) is 7.96. The molecule has 0 aromatic heterocycles. The number of esters is 1. The minimum Gasteiger partial charge on any atom is -0.457 e. The van der Waals surface area contributed by atoms with E-state index in [0.29, 0.717) is 0 Å². The van der Waals surface area contributed by atoms with Crippen LogP contribution in [0.15, 0.2) is 30.3 Å². The molecule has 1 amide bonds. The predicted octanol–water partition coefficient (Wildman–Crippen LogP) is -0.282. The van der Waals surface area contributed by atoms with Crippen LogP contribution in [0.4, 0.5) is 0 Å². The fourth-order valence-electron chi connectivity index (χ4n) is 2.68. The summed E-state index contributed by atoms with van der Waals surface area (Å²) < 4.78 is 16.4. The van der Waals surface area contributed by atoms with Crippen LogP contribution >= 0.6 is 0 Å². The predicted molar refractivity (Wildman–Crippen MR) is 86.1 cm³/mol. The molecule has 8 heteroatoms. The highest BCUT2D eigenvalue weighted by molar-refractivity contribution is 5.73. The van der Waals surface area contributed by atoms with Crippen LogP contribution in [0.1, 0.15) is 19.4 Å². The molecule has 8 nitrogen and oxygen atoms in total. The Morgan fingerprint density at radius 1 is 1.24 bits per heavy atom. The van der Waals surface area contributed by atoms with Crippen molar-refractivity contribution in [1.29, 1.82) is 0 Å². The van der Waals surface area contributed by atoms with Gasteiger partial charge < -0.3 is 29.7 Å². The average molecular weight is 353 g/mol. The molecular formula is C17H23NO7. The number of aliphatic hydroxyl groups is 2. The van der Waals surface area contributed by atoms with E-state index in [1.54, 1.807) is 0 Å². The first-order chi connectivity index (χ1) is 11.9. The minimum absolute atomic E-state index is 0.183. The Labute approximate surface area is 145 Å². The number of rotatable bonds is 6. The van der Waals surface area contributed by atoms with Gasteiger partial charge in [-0.15, -0.1) is 0 Å². The van der Waals surface area contributed by atoms with Crippen LogP contribution in [0.2, 0.25) is 0 Å². The Kier molecular flexibility index (Phi) is 6.89. The van der Waals surface area contributed by atoms with Gasteiger partial charge in [-0.25, -0.2) is 0 Å². The highest BCUT2D eigenvalue weighted by atomic mass is 16.7. The number of carbonyl (C=O) groups is 2. The van der Waals surface area contributed by atoms with Crippen molar-refractivity contribution < 1.29 is 34.0 Å². The van der Waals surface area contributed by atoms with E-state index in [1.165, 1.54) is 13.8 Å². The fourth-order valence-corrected chi connectivity index (χ4v) is 2.68. The van der Waals surface area contributed by atoms with Gasteiger partial charge in [-0.2, -0.15) is 0 Å². The SMILES string of the molecule is CC(=O)N[C@@H]1[C@H](OCc2ccccc2)O[C@@H](CO)[C@H](O)[C@@H]1OC(C)=O. The van der Waals surface area contributed by atoms with Gasteiger partial charge in [0.25, 0.3) is 0 Å². The van der Waals surface area contributed by atoms with Crippen LogP contribution in [0.5, 0.6) is 0 Å². The zero-order valence-electron chi connectivity index (χ0n) is 14.1. The molecule has 1 aliphatic heterocycles. The monoisotopic (exact) mass is 353 g/mol. The highest BCUT2D eigenvalue weighted by Crippen LogP contribution is 2.25. The lowest BCUT2D eigenvalue weighted by molar-refractivity contribution is -0.276. The summed E-state index contributed by atoms with van der Waals surface area (Å²) in [5, 5.41) is 22.3. The summed E-state index contributed by atoms with van der Waals surface area (Å²) in [5.74, 6) is -1.02. The number of nitrogens with one attached hydrogen (secondary N) is 1. The Morgan fingerprint density at radius 3 is 2.48 bits per heavy atom. The van der Waals surface area contributed by atoms with Gasteiger partial charge in [0.05, 0.1) is 13.2 Å². The maximum absolute atomic E-state index is 11.5. The lowest BCUT2D eigenvalue weighted by Crippen LogP contribution is -2.65. The second-order valence-electron chi connectivity index (χ2n) is 5.81. The van der Waals surface area contributed by atoms with E-state index in [0.717, 1.165) is 5.56 Å². The van der Waals surface area contributed by atoms with Crippen molar-refractivity contribution in [2.45, 2.75) is 51.1 Å². The second-order valence-corrected chi connectivity index (χ2v) is 5.81. The summed E-state index contributed by atoms with van der Waals surface area (Å²) in [5.41, 5.74) is 0.878. The van der Waals surface area contributed by atoms with Crippen molar-refractivity contribution in [2.24, 2.45) is 0 Å². The third kappa shape index (κ3) is 5.23. The standard InChI is InChI=1S/C17H23NO7/c1-10(20)18-14-16(24-11(2)21)15(22)13(8-19)25-17(14)23-9-12-6-4-3-5-7-12/h3-7,13-17,19,22H,8-9H2,1-2H3,(H,18,20)/t13-,14-,15-,16+,17+/m0/s1. The molecule has 1 aromatic rings. The molecule has 5 atom stereocenters. The maximum atomic E-state index is 11.5. The van der Waals surface area contributed by atoms with Crippen LogP contribution in [0, 0.1) is 0 Å².